The van der Waals surface area contributed by atoms with Gasteiger partial charge >= 0.3 is 0 Å². The topological polar surface area (TPSA) is 38.1 Å². The van der Waals surface area contributed by atoms with E-state index in [1.165, 1.54) is 25.7 Å². The molecule has 0 spiro atoms. The van der Waals surface area contributed by atoms with Crippen molar-refractivity contribution in [1.29, 1.82) is 0 Å². The molecule has 4 rings (SSSR count). The highest BCUT2D eigenvalue weighted by atomic mass is 16.3. The Labute approximate surface area is 119 Å². The molecule has 2 aliphatic carbocycles. The van der Waals surface area contributed by atoms with Crippen LogP contribution in [-0.4, -0.2) is 14.9 Å². The number of aromatic nitrogens is 2. The van der Waals surface area contributed by atoms with Crippen LogP contribution in [0.3, 0.4) is 0 Å². The van der Waals surface area contributed by atoms with Gasteiger partial charge in [-0.05, 0) is 42.7 Å². The monoisotopic (exact) mass is 268 g/mol. The summed E-state index contributed by atoms with van der Waals surface area (Å²) in [5.74, 6) is 2.00. The molecule has 0 amide bonds. The van der Waals surface area contributed by atoms with Crippen LogP contribution in [0.25, 0.3) is 5.69 Å². The van der Waals surface area contributed by atoms with Gasteiger partial charge in [-0.2, -0.15) is 5.10 Å². The molecule has 3 atom stereocenters. The fourth-order valence-electron chi connectivity index (χ4n) is 3.95. The second kappa shape index (κ2) is 4.74. The Balaban J connectivity index is 1.54. The molecule has 0 aliphatic heterocycles. The maximum Gasteiger partial charge on any atom is 0.0854 e. The number of aliphatic hydroxyl groups is 1. The van der Waals surface area contributed by atoms with Crippen LogP contribution in [0.4, 0.5) is 0 Å². The van der Waals surface area contributed by atoms with E-state index in [4.69, 9.17) is 0 Å². The van der Waals surface area contributed by atoms with Crippen molar-refractivity contribution >= 4 is 0 Å². The number of hydrogen-bond donors (Lipinski definition) is 1. The van der Waals surface area contributed by atoms with Gasteiger partial charge in [0.25, 0.3) is 0 Å². The molecule has 3 nitrogen and oxygen atoms in total. The first-order valence-electron chi connectivity index (χ1n) is 7.62. The lowest BCUT2D eigenvalue weighted by molar-refractivity contribution is 0.142. The number of aliphatic hydroxyl groups excluding tert-OH is 1. The molecule has 1 aromatic carbocycles. The van der Waals surface area contributed by atoms with E-state index in [0.29, 0.717) is 5.92 Å². The molecule has 0 radical (unpaired) electrons. The van der Waals surface area contributed by atoms with Gasteiger partial charge in [0, 0.05) is 11.8 Å². The van der Waals surface area contributed by atoms with Crippen LogP contribution in [0, 0.1) is 17.8 Å². The summed E-state index contributed by atoms with van der Waals surface area (Å²) < 4.78 is 1.85. The van der Waals surface area contributed by atoms with Gasteiger partial charge < -0.3 is 5.11 Å². The molecule has 0 saturated heterocycles. The zero-order valence-electron chi connectivity index (χ0n) is 11.5. The van der Waals surface area contributed by atoms with Gasteiger partial charge in [-0.25, -0.2) is 4.68 Å². The molecule has 1 heterocycles. The van der Waals surface area contributed by atoms with Crippen molar-refractivity contribution < 1.29 is 5.11 Å². The first-order chi connectivity index (χ1) is 9.84. The quantitative estimate of drug-likeness (QED) is 0.927. The standard InChI is InChI=1S/C17H20N2O/c20-17(16-14-8-4-5-9-15(14)16)12-10-18-19(11-12)13-6-2-1-3-7-13/h1-3,6-7,10-11,14-17,20H,4-5,8-9H2. The van der Waals surface area contributed by atoms with Crippen LogP contribution < -0.4 is 0 Å². The fourth-order valence-corrected chi connectivity index (χ4v) is 3.95. The molecular weight excluding hydrogens is 248 g/mol. The average Bonchev–Trinajstić information content (AvgIpc) is 3.02. The largest absolute Gasteiger partial charge is 0.388 e. The smallest absolute Gasteiger partial charge is 0.0854 e. The fraction of sp³-hybridized carbons (Fsp3) is 0.471. The first-order valence-corrected chi connectivity index (χ1v) is 7.62. The summed E-state index contributed by atoms with van der Waals surface area (Å²) in [5, 5.41) is 15.0. The van der Waals surface area contributed by atoms with Gasteiger partial charge in [0.1, 0.15) is 0 Å². The molecule has 3 heteroatoms. The maximum atomic E-state index is 10.6. The molecule has 1 N–H and O–H groups in total. The third-order valence-electron chi connectivity index (χ3n) is 5.05. The molecule has 20 heavy (non-hydrogen) atoms. The average molecular weight is 268 g/mol. The van der Waals surface area contributed by atoms with Crippen molar-refractivity contribution in [2.45, 2.75) is 31.8 Å². The van der Waals surface area contributed by atoms with Gasteiger partial charge in [0.15, 0.2) is 0 Å². The third-order valence-corrected chi connectivity index (χ3v) is 5.05. The van der Waals surface area contributed by atoms with Crippen molar-refractivity contribution in [3.63, 3.8) is 0 Å². The van der Waals surface area contributed by atoms with Crippen molar-refractivity contribution in [2.75, 3.05) is 0 Å². The van der Waals surface area contributed by atoms with Crippen molar-refractivity contribution in [3.8, 4) is 5.69 Å². The molecule has 104 valence electrons. The van der Waals surface area contributed by atoms with Gasteiger partial charge in [0.05, 0.1) is 18.0 Å². The lowest BCUT2D eigenvalue weighted by Gasteiger charge is -2.07. The summed E-state index contributed by atoms with van der Waals surface area (Å²) in [7, 11) is 0. The second-order valence-corrected chi connectivity index (χ2v) is 6.19. The van der Waals surface area contributed by atoms with Crippen LogP contribution in [0.1, 0.15) is 37.4 Å². The first kappa shape index (κ1) is 12.2. The molecular formula is C17H20N2O. The minimum atomic E-state index is -0.333. The Morgan fingerprint density at radius 1 is 1.10 bits per heavy atom. The van der Waals surface area contributed by atoms with E-state index in [1.807, 2.05) is 47.4 Å². The highest BCUT2D eigenvalue weighted by Crippen LogP contribution is 2.60. The van der Waals surface area contributed by atoms with Gasteiger partial charge in [-0.15, -0.1) is 0 Å². The molecule has 2 aliphatic rings. The van der Waals surface area contributed by atoms with Crippen molar-refractivity contribution in [2.24, 2.45) is 17.8 Å². The summed E-state index contributed by atoms with van der Waals surface area (Å²) in [6.45, 7) is 0. The maximum absolute atomic E-state index is 10.6. The number of benzene rings is 1. The van der Waals surface area contributed by atoms with Gasteiger partial charge in [-0.1, -0.05) is 31.0 Å². The predicted octanol–water partition coefficient (Wildman–Crippen LogP) is 3.34. The number of hydrogen-bond acceptors (Lipinski definition) is 2. The highest BCUT2D eigenvalue weighted by molar-refractivity contribution is 5.31. The summed E-state index contributed by atoms with van der Waals surface area (Å²) in [5.41, 5.74) is 2.01. The number of para-hydroxylation sites is 1. The van der Waals surface area contributed by atoms with Crippen LogP contribution in [0.15, 0.2) is 42.7 Å². The Morgan fingerprint density at radius 2 is 1.80 bits per heavy atom. The summed E-state index contributed by atoms with van der Waals surface area (Å²) in [6.07, 6.45) is 8.76. The van der Waals surface area contributed by atoms with E-state index in [0.717, 1.165) is 23.1 Å². The Hall–Kier alpha value is -1.61. The predicted molar refractivity (Wildman–Crippen MR) is 77.5 cm³/mol. The van der Waals surface area contributed by atoms with Crippen molar-refractivity contribution in [1.82, 2.24) is 9.78 Å². The Bertz CT molecular complexity index is 580. The number of fused-ring (bicyclic) bond motifs is 1. The van der Waals surface area contributed by atoms with Crippen LogP contribution in [0.5, 0.6) is 0 Å². The molecule has 2 saturated carbocycles. The SMILES string of the molecule is OC(c1cnn(-c2ccccc2)c1)C1C2CCCCC21. The van der Waals surface area contributed by atoms with Crippen LogP contribution in [0.2, 0.25) is 0 Å². The summed E-state index contributed by atoms with van der Waals surface area (Å²) >= 11 is 0. The molecule has 2 fully saturated rings. The second-order valence-electron chi connectivity index (χ2n) is 6.19. The number of nitrogens with zero attached hydrogens (tertiary/aromatic N) is 2. The van der Waals surface area contributed by atoms with E-state index in [9.17, 15) is 5.11 Å². The molecule has 2 aromatic rings. The molecule has 0 bridgehead atoms. The lowest BCUT2D eigenvalue weighted by atomic mass is 10.0. The summed E-state index contributed by atoms with van der Waals surface area (Å²) in [6, 6.07) is 10.1. The van der Waals surface area contributed by atoms with Crippen LogP contribution in [-0.2, 0) is 0 Å². The normalized spacial score (nSPS) is 29.8. The molecule has 1 aromatic heterocycles. The Kier molecular flexibility index (Phi) is 2.88. The minimum Gasteiger partial charge on any atom is -0.388 e. The van der Waals surface area contributed by atoms with E-state index in [-0.39, 0.29) is 6.10 Å². The van der Waals surface area contributed by atoms with Crippen molar-refractivity contribution in [3.05, 3.63) is 48.3 Å². The molecule has 3 unspecified atom stereocenters. The van der Waals surface area contributed by atoms with Gasteiger partial charge in [-0.3, -0.25) is 0 Å². The Morgan fingerprint density at radius 3 is 2.50 bits per heavy atom. The third kappa shape index (κ3) is 1.97. The van der Waals surface area contributed by atoms with Crippen LogP contribution >= 0.6 is 0 Å². The zero-order chi connectivity index (χ0) is 13.5. The summed E-state index contributed by atoms with van der Waals surface area (Å²) in [4.78, 5) is 0. The van der Waals surface area contributed by atoms with Gasteiger partial charge in [0.2, 0.25) is 0 Å². The zero-order valence-corrected chi connectivity index (χ0v) is 11.5. The lowest BCUT2D eigenvalue weighted by Crippen LogP contribution is -2.01. The highest BCUT2D eigenvalue weighted by Gasteiger charge is 2.54. The van der Waals surface area contributed by atoms with E-state index in [2.05, 4.69) is 5.10 Å². The minimum absolute atomic E-state index is 0.333. The number of rotatable bonds is 3. The van der Waals surface area contributed by atoms with E-state index < -0.39 is 0 Å². The van der Waals surface area contributed by atoms with E-state index in [1.54, 1.807) is 0 Å². The van der Waals surface area contributed by atoms with E-state index >= 15 is 0 Å².